The molecule has 8 heteroatoms. The van der Waals surface area contributed by atoms with E-state index in [0.29, 0.717) is 5.56 Å². The zero-order valence-electron chi connectivity index (χ0n) is 18.0. The number of carbonyl (C=O) groups excluding carboxylic acids is 2. The van der Waals surface area contributed by atoms with Crippen molar-refractivity contribution in [3.63, 3.8) is 0 Å². The summed E-state index contributed by atoms with van der Waals surface area (Å²) in [6.07, 6.45) is -0.119. The van der Waals surface area contributed by atoms with Crippen molar-refractivity contribution < 1.29 is 18.0 Å². The molecule has 0 bridgehead atoms. The number of rotatable bonds is 6. The number of aryl methyl sites for hydroxylation is 2. The van der Waals surface area contributed by atoms with Gasteiger partial charge in [-0.15, -0.1) is 0 Å². The molecule has 2 aromatic carbocycles. The molecular formula is C22H29N3O4S. The van der Waals surface area contributed by atoms with Crippen LogP contribution < -0.4 is 15.6 Å². The van der Waals surface area contributed by atoms with E-state index in [9.17, 15) is 18.0 Å². The highest BCUT2D eigenvalue weighted by Gasteiger charge is 2.18. The van der Waals surface area contributed by atoms with Crippen LogP contribution in [0, 0.1) is 13.8 Å². The quantitative estimate of drug-likeness (QED) is 0.612. The van der Waals surface area contributed by atoms with Crippen molar-refractivity contribution in [2.75, 3.05) is 6.54 Å². The minimum Gasteiger partial charge on any atom is -0.273 e. The lowest BCUT2D eigenvalue weighted by Crippen LogP contribution is -2.43. The number of amides is 2. The third-order valence-corrected chi connectivity index (χ3v) is 6.09. The lowest BCUT2D eigenvalue weighted by molar-refractivity contribution is -0.121. The molecule has 0 radical (unpaired) electrons. The Kier molecular flexibility index (Phi) is 7.39. The number of hydrogen-bond acceptors (Lipinski definition) is 4. The molecule has 0 heterocycles. The first kappa shape index (κ1) is 23.6. The molecule has 2 amide bonds. The fourth-order valence-electron chi connectivity index (χ4n) is 2.84. The lowest BCUT2D eigenvalue weighted by Gasteiger charge is -2.19. The van der Waals surface area contributed by atoms with Gasteiger partial charge in [0.15, 0.2) is 0 Å². The summed E-state index contributed by atoms with van der Waals surface area (Å²) < 4.78 is 27.2. The van der Waals surface area contributed by atoms with Crippen LogP contribution in [0.5, 0.6) is 0 Å². The summed E-state index contributed by atoms with van der Waals surface area (Å²) in [5, 5.41) is 0. The molecular weight excluding hydrogens is 402 g/mol. The largest absolute Gasteiger partial charge is 0.273 e. The summed E-state index contributed by atoms with van der Waals surface area (Å²) in [7, 11) is -3.72. The van der Waals surface area contributed by atoms with E-state index >= 15 is 0 Å². The zero-order chi connectivity index (χ0) is 22.5. The average Bonchev–Trinajstić information content (AvgIpc) is 2.65. The minimum absolute atomic E-state index is 0.0740. The Balaban J connectivity index is 1.84. The van der Waals surface area contributed by atoms with E-state index in [1.54, 1.807) is 30.3 Å². The molecule has 0 aliphatic rings. The van der Waals surface area contributed by atoms with Crippen molar-refractivity contribution in [2.45, 2.75) is 51.3 Å². The molecule has 0 saturated heterocycles. The van der Waals surface area contributed by atoms with Crippen LogP contribution in [0.25, 0.3) is 0 Å². The molecule has 0 spiro atoms. The first-order valence-corrected chi connectivity index (χ1v) is 11.1. The van der Waals surface area contributed by atoms with Crippen LogP contribution in [0.4, 0.5) is 0 Å². The van der Waals surface area contributed by atoms with Gasteiger partial charge in [0.1, 0.15) is 0 Å². The lowest BCUT2D eigenvalue weighted by atomic mass is 9.87. The molecule has 7 nitrogen and oxygen atoms in total. The predicted octanol–water partition coefficient (Wildman–Crippen LogP) is 2.73. The van der Waals surface area contributed by atoms with Crippen LogP contribution in [0.3, 0.4) is 0 Å². The summed E-state index contributed by atoms with van der Waals surface area (Å²) in [6.45, 7) is 9.79. The van der Waals surface area contributed by atoms with Crippen LogP contribution in [-0.4, -0.2) is 26.8 Å². The summed E-state index contributed by atoms with van der Waals surface area (Å²) >= 11 is 0. The number of hydrogen-bond donors (Lipinski definition) is 3. The third kappa shape index (κ3) is 6.40. The van der Waals surface area contributed by atoms with Crippen molar-refractivity contribution in [3.8, 4) is 0 Å². The van der Waals surface area contributed by atoms with Crippen molar-refractivity contribution in [1.82, 2.24) is 15.6 Å². The topological polar surface area (TPSA) is 104 Å². The molecule has 3 N–H and O–H groups in total. The molecule has 0 aromatic heterocycles. The van der Waals surface area contributed by atoms with Gasteiger partial charge >= 0.3 is 0 Å². The van der Waals surface area contributed by atoms with Crippen LogP contribution >= 0.6 is 0 Å². The van der Waals surface area contributed by atoms with Gasteiger partial charge in [-0.1, -0.05) is 50.6 Å². The predicted molar refractivity (Wildman–Crippen MR) is 116 cm³/mol. The van der Waals surface area contributed by atoms with Gasteiger partial charge in [-0.3, -0.25) is 20.4 Å². The highest BCUT2D eigenvalue weighted by atomic mass is 32.2. The van der Waals surface area contributed by atoms with Gasteiger partial charge in [0.2, 0.25) is 15.9 Å². The Hall–Kier alpha value is -2.71. The van der Waals surface area contributed by atoms with E-state index in [-0.39, 0.29) is 23.3 Å². The van der Waals surface area contributed by atoms with E-state index in [1.807, 2.05) is 46.8 Å². The number of nitrogens with one attached hydrogen (secondary N) is 3. The summed E-state index contributed by atoms with van der Waals surface area (Å²) in [6, 6.07) is 12.0. The number of sulfonamides is 1. The van der Waals surface area contributed by atoms with Crippen molar-refractivity contribution in [2.24, 2.45) is 0 Å². The fraction of sp³-hybridized carbons (Fsp3) is 0.364. The monoisotopic (exact) mass is 431 g/mol. The fourth-order valence-corrected chi connectivity index (χ4v) is 3.87. The molecule has 2 rings (SSSR count). The normalized spacial score (nSPS) is 11.8. The van der Waals surface area contributed by atoms with Crippen LogP contribution in [0.1, 0.15) is 54.2 Å². The van der Waals surface area contributed by atoms with Crippen molar-refractivity contribution in [1.29, 1.82) is 0 Å². The van der Waals surface area contributed by atoms with Gasteiger partial charge in [0, 0.05) is 18.5 Å². The standard InChI is InChI=1S/C22H29N3O4S/c1-15-6-11-19(16(2)14-15)21(27)25-24-20(26)12-13-23-30(28,29)18-9-7-17(8-10-18)22(3,4)5/h6-11,14,23H,12-13H2,1-5H3,(H,24,26)(H,25,27). The highest BCUT2D eigenvalue weighted by molar-refractivity contribution is 7.89. The first-order valence-electron chi connectivity index (χ1n) is 9.67. The van der Waals surface area contributed by atoms with E-state index in [1.165, 1.54) is 0 Å². The van der Waals surface area contributed by atoms with E-state index in [0.717, 1.165) is 16.7 Å². The van der Waals surface area contributed by atoms with Gasteiger partial charge in [-0.25, -0.2) is 13.1 Å². The van der Waals surface area contributed by atoms with E-state index < -0.39 is 21.8 Å². The summed E-state index contributed by atoms with van der Waals surface area (Å²) in [4.78, 5) is 24.2. The van der Waals surface area contributed by atoms with E-state index in [2.05, 4.69) is 15.6 Å². The molecule has 2 aromatic rings. The second-order valence-corrected chi connectivity index (χ2v) is 10.0. The zero-order valence-corrected chi connectivity index (χ0v) is 18.8. The van der Waals surface area contributed by atoms with Crippen LogP contribution in [-0.2, 0) is 20.2 Å². The molecule has 0 saturated carbocycles. The SMILES string of the molecule is Cc1ccc(C(=O)NNC(=O)CCNS(=O)(=O)c2ccc(C(C)(C)C)cc2)c(C)c1. The second-order valence-electron chi connectivity index (χ2n) is 8.24. The summed E-state index contributed by atoms with van der Waals surface area (Å²) in [5.74, 6) is -0.931. The van der Waals surface area contributed by atoms with Gasteiger partial charge < -0.3 is 0 Å². The molecule has 162 valence electrons. The van der Waals surface area contributed by atoms with Crippen molar-refractivity contribution >= 4 is 21.8 Å². The Morgan fingerprint density at radius 2 is 1.57 bits per heavy atom. The smallest absolute Gasteiger partial charge is 0.269 e. The highest BCUT2D eigenvalue weighted by Crippen LogP contribution is 2.23. The molecule has 0 unspecified atom stereocenters. The van der Waals surface area contributed by atoms with Crippen molar-refractivity contribution in [3.05, 3.63) is 64.7 Å². The minimum atomic E-state index is -3.72. The van der Waals surface area contributed by atoms with Gasteiger partial charge in [-0.2, -0.15) is 0 Å². The van der Waals surface area contributed by atoms with Gasteiger partial charge in [-0.05, 0) is 48.6 Å². The molecule has 0 fully saturated rings. The maximum absolute atomic E-state index is 12.4. The average molecular weight is 432 g/mol. The molecule has 0 aliphatic carbocycles. The van der Waals surface area contributed by atoms with Crippen LogP contribution in [0.15, 0.2) is 47.4 Å². The number of benzene rings is 2. The van der Waals surface area contributed by atoms with Gasteiger partial charge in [0.05, 0.1) is 4.90 Å². The molecule has 0 aliphatic heterocycles. The van der Waals surface area contributed by atoms with Gasteiger partial charge in [0.25, 0.3) is 5.91 Å². The first-order chi connectivity index (χ1) is 13.9. The Morgan fingerprint density at radius 1 is 0.933 bits per heavy atom. The summed E-state index contributed by atoms with van der Waals surface area (Å²) in [5.41, 5.74) is 7.89. The maximum Gasteiger partial charge on any atom is 0.269 e. The molecule has 0 atom stereocenters. The third-order valence-electron chi connectivity index (χ3n) is 4.62. The number of hydrazine groups is 1. The maximum atomic E-state index is 12.4. The Labute approximate surface area is 178 Å². The van der Waals surface area contributed by atoms with Crippen LogP contribution in [0.2, 0.25) is 0 Å². The Morgan fingerprint density at radius 3 is 2.13 bits per heavy atom. The number of carbonyl (C=O) groups is 2. The molecule has 30 heavy (non-hydrogen) atoms. The second kappa shape index (κ2) is 9.40. The van der Waals surface area contributed by atoms with E-state index in [4.69, 9.17) is 0 Å². The Bertz CT molecular complexity index is 1020.